The van der Waals surface area contributed by atoms with Gasteiger partial charge in [0, 0.05) is 17.0 Å². The van der Waals surface area contributed by atoms with E-state index in [4.69, 9.17) is 14.9 Å². The normalized spacial score (nSPS) is 15.0. The minimum atomic E-state index is -0.631. The Bertz CT molecular complexity index is 1210. The van der Waals surface area contributed by atoms with Gasteiger partial charge < -0.3 is 20.2 Å². The first kappa shape index (κ1) is 21.5. The van der Waals surface area contributed by atoms with Crippen molar-refractivity contribution in [3.8, 4) is 6.07 Å². The number of hydrogen-bond donors (Lipinski definition) is 2. The molecule has 3 heterocycles. The Labute approximate surface area is 190 Å². The maximum absolute atomic E-state index is 12.8. The smallest absolute Gasteiger partial charge is 0.336 e. The number of allylic oxidation sites excluding steroid dienone is 1. The molecule has 0 amide bonds. The molecule has 8 heteroatoms. The number of pyridine rings is 1. The molecule has 1 atom stereocenters. The Hall–Kier alpha value is -3.70. The monoisotopic (exact) mass is 446 g/mol. The number of hydrogen-bond acceptors (Lipinski definition) is 8. The molecule has 1 aromatic carbocycles. The fourth-order valence-electron chi connectivity index (χ4n) is 3.79. The van der Waals surface area contributed by atoms with Crippen LogP contribution in [0.15, 0.2) is 69.4 Å². The quantitative estimate of drug-likeness (QED) is 0.409. The van der Waals surface area contributed by atoms with Gasteiger partial charge in [-0.2, -0.15) is 5.26 Å². The van der Waals surface area contributed by atoms with Crippen LogP contribution in [0.3, 0.4) is 0 Å². The molecule has 32 heavy (non-hydrogen) atoms. The van der Waals surface area contributed by atoms with Crippen LogP contribution in [0, 0.1) is 11.3 Å². The van der Waals surface area contributed by atoms with E-state index < -0.39 is 11.9 Å². The van der Waals surface area contributed by atoms with Crippen LogP contribution in [0.1, 0.15) is 42.2 Å². The summed E-state index contributed by atoms with van der Waals surface area (Å²) < 4.78 is 11.0. The number of rotatable bonds is 6. The third-order valence-electron chi connectivity index (χ3n) is 5.18. The molecule has 3 N–H and O–H groups in total. The summed E-state index contributed by atoms with van der Waals surface area (Å²) in [4.78, 5) is 17.4. The van der Waals surface area contributed by atoms with Gasteiger partial charge in [-0.3, -0.25) is 0 Å². The predicted molar refractivity (Wildman–Crippen MR) is 123 cm³/mol. The van der Waals surface area contributed by atoms with Crippen molar-refractivity contribution in [3.05, 3.63) is 82.4 Å². The zero-order valence-electron chi connectivity index (χ0n) is 17.7. The van der Waals surface area contributed by atoms with Crippen LogP contribution >= 0.6 is 11.8 Å². The average Bonchev–Trinajstić information content (AvgIpc) is 3.32. The lowest BCUT2D eigenvalue weighted by atomic mass is 9.83. The molecule has 7 nitrogen and oxygen atoms in total. The second-order valence-electron chi connectivity index (χ2n) is 7.18. The number of carbonyl (C=O) groups is 1. The van der Waals surface area contributed by atoms with E-state index in [9.17, 15) is 10.1 Å². The number of aromatic nitrogens is 1. The number of nitrogens with zero attached hydrogens (tertiary/aromatic N) is 2. The molecule has 0 saturated heterocycles. The van der Waals surface area contributed by atoms with Gasteiger partial charge in [0.25, 0.3) is 0 Å². The van der Waals surface area contributed by atoms with E-state index in [1.807, 2.05) is 30.3 Å². The Kier molecular flexibility index (Phi) is 6.19. The highest BCUT2D eigenvalue weighted by atomic mass is 32.2. The third-order valence-corrected chi connectivity index (χ3v) is 6.22. The molecule has 0 spiro atoms. The molecular weight excluding hydrogens is 424 g/mol. The van der Waals surface area contributed by atoms with Gasteiger partial charge in [0.1, 0.15) is 28.2 Å². The van der Waals surface area contributed by atoms with E-state index >= 15 is 0 Å². The Morgan fingerprint density at radius 3 is 2.75 bits per heavy atom. The molecule has 0 saturated carbocycles. The van der Waals surface area contributed by atoms with E-state index in [1.165, 1.54) is 18.0 Å². The van der Waals surface area contributed by atoms with Gasteiger partial charge in [-0.05, 0) is 31.5 Å². The molecule has 0 bridgehead atoms. The first-order valence-corrected chi connectivity index (χ1v) is 11.1. The van der Waals surface area contributed by atoms with Gasteiger partial charge in [-0.15, -0.1) is 11.8 Å². The van der Waals surface area contributed by atoms with Crippen LogP contribution < -0.4 is 11.1 Å². The zero-order valence-corrected chi connectivity index (χ0v) is 18.5. The molecule has 2 aromatic heterocycles. The molecular formula is C24H22N4O3S. The highest BCUT2D eigenvalue weighted by Gasteiger charge is 2.38. The van der Waals surface area contributed by atoms with Crippen LogP contribution in [-0.2, 0) is 15.3 Å². The molecule has 162 valence electrons. The third kappa shape index (κ3) is 3.95. The van der Waals surface area contributed by atoms with E-state index in [2.05, 4.69) is 16.4 Å². The second-order valence-corrected chi connectivity index (χ2v) is 8.15. The molecule has 0 fully saturated rings. The van der Waals surface area contributed by atoms with E-state index in [1.54, 1.807) is 26.0 Å². The summed E-state index contributed by atoms with van der Waals surface area (Å²) in [5.41, 5.74) is 9.97. The summed E-state index contributed by atoms with van der Waals surface area (Å²) in [6, 6.07) is 15.7. The molecule has 4 rings (SSSR count). The Morgan fingerprint density at radius 1 is 1.31 bits per heavy atom. The number of anilines is 2. The minimum Gasteiger partial charge on any atom is -0.468 e. The fourth-order valence-corrected chi connectivity index (χ4v) is 4.74. The van der Waals surface area contributed by atoms with E-state index in [0.717, 1.165) is 5.56 Å². The molecule has 0 radical (unpaired) electrons. The largest absolute Gasteiger partial charge is 0.468 e. The number of benzene rings is 1. The van der Waals surface area contributed by atoms with Crippen molar-refractivity contribution in [1.29, 1.82) is 5.26 Å². The second kappa shape index (κ2) is 9.20. The van der Waals surface area contributed by atoms with Crippen LogP contribution in [0.5, 0.6) is 0 Å². The number of thioether (sulfide) groups is 1. The molecule has 1 aliphatic rings. The van der Waals surface area contributed by atoms with Crippen molar-refractivity contribution in [1.82, 2.24) is 4.98 Å². The maximum Gasteiger partial charge on any atom is 0.336 e. The summed E-state index contributed by atoms with van der Waals surface area (Å²) in [5, 5.41) is 13.8. The highest BCUT2D eigenvalue weighted by molar-refractivity contribution is 7.98. The zero-order chi connectivity index (χ0) is 22.7. The predicted octanol–water partition coefficient (Wildman–Crippen LogP) is 4.82. The van der Waals surface area contributed by atoms with Gasteiger partial charge in [0.15, 0.2) is 0 Å². The van der Waals surface area contributed by atoms with Gasteiger partial charge in [0.05, 0.1) is 30.0 Å². The topological polar surface area (TPSA) is 114 Å². The highest BCUT2D eigenvalue weighted by Crippen LogP contribution is 2.47. The number of nitrogens with one attached hydrogen (secondary N) is 1. The Morgan fingerprint density at radius 2 is 2.09 bits per heavy atom. The first-order chi connectivity index (χ1) is 15.5. The molecule has 1 aliphatic heterocycles. The van der Waals surface area contributed by atoms with Crippen molar-refractivity contribution >= 4 is 29.2 Å². The van der Waals surface area contributed by atoms with Gasteiger partial charge in [-0.1, -0.05) is 30.3 Å². The van der Waals surface area contributed by atoms with E-state index in [-0.39, 0.29) is 12.4 Å². The summed E-state index contributed by atoms with van der Waals surface area (Å²) in [5.74, 6) is 0.304. The summed E-state index contributed by atoms with van der Waals surface area (Å²) in [6.45, 7) is 3.76. The average molecular weight is 447 g/mol. The van der Waals surface area contributed by atoms with Gasteiger partial charge in [0.2, 0.25) is 0 Å². The lowest BCUT2D eigenvalue weighted by Crippen LogP contribution is -2.26. The van der Waals surface area contributed by atoms with Crippen LogP contribution in [0.2, 0.25) is 0 Å². The summed E-state index contributed by atoms with van der Waals surface area (Å²) >= 11 is 1.44. The number of nitrogens with two attached hydrogens (primary N) is 1. The van der Waals surface area contributed by atoms with Crippen molar-refractivity contribution in [2.45, 2.75) is 30.5 Å². The van der Waals surface area contributed by atoms with Crippen LogP contribution in [0.4, 0.5) is 11.5 Å². The van der Waals surface area contributed by atoms with Gasteiger partial charge in [-0.25, -0.2) is 9.78 Å². The summed E-state index contributed by atoms with van der Waals surface area (Å²) in [7, 11) is 0. The lowest BCUT2D eigenvalue weighted by molar-refractivity contribution is -0.138. The number of fused-ring (bicyclic) bond motifs is 1. The Balaban J connectivity index is 1.83. The number of nitriles is 1. The first-order valence-electron chi connectivity index (χ1n) is 10.1. The fraction of sp³-hybridized carbons (Fsp3) is 0.208. The lowest BCUT2D eigenvalue weighted by Gasteiger charge is -2.30. The van der Waals surface area contributed by atoms with Crippen molar-refractivity contribution in [3.63, 3.8) is 0 Å². The standard InChI is InChI=1S/C24H22N4O3S/c1-3-30-24(29)18-14(2)27-21-16(12-25)23(32-13-15-8-5-4-6-9-15)28-22(26)20(21)19(18)17-10-7-11-31-17/h4-11,19,27H,3,13H2,1-2H3,(H2,26,28). The molecule has 3 aromatic rings. The van der Waals surface area contributed by atoms with Crippen LogP contribution in [-0.4, -0.2) is 17.6 Å². The SMILES string of the molecule is CCOC(=O)C1=C(C)Nc2c(C#N)c(SCc3ccccc3)nc(N)c2C1c1ccco1. The van der Waals surface area contributed by atoms with Crippen molar-refractivity contribution < 1.29 is 13.9 Å². The molecule has 1 unspecified atom stereocenters. The maximum atomic E-state index is 12.8. The number of esters is 1. The van der Waals surface area contributed by atoms with E-state index in [0.29, 0.717) is 44.6 Å². The van der Waals surface area contributed by atoms with Crippen molar-refractivity contribution in [2.24, 2.45) is 0 Å². The van der Waals surface area contributed by atoms with Crippen LogP contribution in [0.25, 0.3) is 0 Å². The number of nitrogen functional groups attached to an aromatic ring is 1. The van der Waals surface area contributed by atoms with Crippen molar-refractivity contribution in [2.75, 3.05) is 17.7 Å². The number of furan rings is 1. The summed E-state index contributed by atoms with van der Waals surface area (Å²) in [6.07, 6.45) is 1.54. The minimum absolute atomic E-state index is 0.234. The van der Waals surface area contributed by atoms with Gasteiger partial charge >= 0.3 is 5.97 Å². The number of ether oxygens (including phenoxy) is 1. The molecule has 0 aliphatic carbocycles. The number of carbonyl (C=O) groups excluding carboxylic acids is 1.